The third-order valence-electron chi connectivity index (χ3n) is 4.87. The molecule has 4 rings (SSSR count). The maximum absolute atomic E-state index is 6.04. The van der Waals surface area contributed by atoms with E-state index in [1.54, 1.807) is 0 Å². The van der Waals surface area contributed by atoms with Gasteiger partial charge in [0.15, 0.2) is 0 Å². The van der Waals surface area contributed by atoms with Gasteiger partial charge in [0.05, 0.1) is 12.6 Å². The number of hydrogen-bond donors (Lipinski definition) is 1. The zero-order chi connectivity index (χ0) is 15.8. The van der Waals surface area contributed by atoms with Gasteiger partial charge >= 0.3 is 0 Å². The lowest BCUT2D eigenvalue weighted by molar-refractivity contribution is 0.338. The number of halogens is 1. The highest BCUT2D eigenvalue weighted by molar-refractivity contribution is 6.30. The molecule has 2 nitrogen and oxygen atoms in total. The van der Waals surface area contributed by atoms with Gasteiger partial charge in [0.25, 0.3) is 0 Å². The zero-order valence-corrected chi connectivity index (χ0v) is 13.9. The van der Waals surface area contributed by atoms with Crippen LogP contribution in [0, 0.1) is 5.92 Å². The number of rotatable bonds is 3. The first-order valence-electron chi connectivity index (χ1n) is 8.21. The van der Waals surface area contributed by atoms with E-state index in [0.717, 1.165) is 17.2 Å². The summed E-state index contributed by atoms with van der Waals surface area (Å²) in [5.41, 5.74) is 3.86. The molecule has 1 N–H and O–H groups in total. The molecule has 2 aromatic carbocycles. The number of anilines is 1. The van der Waals surface area contributed by atoms with E-state index in [4.69, 9.17) is 16.3 Å². The van der Waals surface area contributed by atoms with Crippen LogP contribution in [-0.2, 0) is 0 Å². The number of allylic oxidation sites excluding steroid dienone is 2. The summed E-state index contributed by atoms with van der Waals surface area (Å²) in [4.78, 5) is 0. The summed E-state index contributed by atoms with van der Waals surface area (Å²) in [5.74, 6) is 1.95. The number of benzene rings is 2. The molecule has 0 saturated heterocycles. The molecular weight excluding hydrogens is 306 g/mol. The topological polar surface area (TPSA) is 21.3 Å². The van der Waals surface area contributed by atoms with Crippen LogP contribution in [0.15, 0.2) is 54.6 Å². The van der Waals surface area contributed by atoms with E-state index in [1.165, 1.54) is 16.8 Å². The summed E-state index contributed by atoms with van der Waals surface area (Å²) in [7, 11) is 0. The van der Waals surface area contributed by atoms with E-state index in [0.29, 0.717) is 24.5 Å². The van der Waals surface area contributed by atoms with Crippen LogP contribution in [-0.4, -0.2) is 6.61 Å². The van der Waals surface area contributed by atoms with Crippen molar-refractivity contribution in [3.63, 3.8) is 0 Å². The van der Waals surface area contributed by atoms with Crippen molar-refractivity contribution >= 4 is 17.3 Å². The molecule has 1 aliphatic carbocycles. The fraction of sp³-hybridized carbons (Fsp3) is 0.300. The van der Waals surface area contributed by atoms with Crippen molar-refractivity contribution < 1.29 is 4.74 Å². The van der Waals surface area contributed by atoms with Crippen molar-refractivity contribution in [2.24, 2.45) is 5.92 Å². The summed E-state index contributed by atoms with van der Waals surface area (Å²) in [6.45, 7) is 2.72. The molecular formula is C20H20ClNO. The first kappa shape index (κ1) is 14.6. The molecule has 1 aliphatic heterocycles. The predicted octanol–water partition coefficient (Wildman–Crippen LogP) is 5.57. The maximum atomic E-state index is 6.04. The van der Waals surface area contributed by atoms with Crippen LogP contribution >= 0.6 is 11.6 Å². The fourth-order valence-electron chi connectivity index (χ4n) is 3.83. The largest absolute Gasteiger partial charge is 0.494 e. The van der Waals surface area contributed by atoms with Gasteiger partial charge in [-0.2, -0.15) is 0 Å². The standard InChI is InChI=1S/C20H20ClNO/c1-2-23-15-10-11-19-18(12-15)16-4-3-5-17(16)20(22-19)13-6-8-14(21)9-7-13/h3-4,6-12,16-17,20,22H,2,5H2,1H3/t16-,17-,20-/m0/s1. The second-order valence-corrected chi connectivity index (χ2v) is 6.65. The molecule has 3 heteroatoms. The Hall–Kier alpha value is -1.93. The molecule has 0 saturated carbocycles. The molecule has 0 spiro atoms. The zero-order valence-electron chi connectivity index (χ0n) is 13.1. The van der Waals surface area contributed by atoms with Crippen molar-refractivity contribution in [3.8, 4) is 5.75 Å². The number of nitrogens with one attached hydrogen (secondary N) is 1. The summed E-state index contributed by atoms with van der Waals surface area (Å²) >= 11 is 6.04. The molecule has 1 heterocycles. The van der Waals surface area contributed by atoms with E-state index in [-0.39, 0.29) is 0 Å². The Morgan fingerprint density at radius 3 is 2.78 bits per heavy atom. The number of ether oxygens (including phenoxy) is 1. The van der Waals surface area contributed by atoms with Gasteiger partial charge in [0.2, 0.25) is 0 Å². The van der Waals surface area contributed by atoms with Gasteiger partial charge in [0.1, 0.15) is 5.75 Å². The lowest BCUT2D eigenvalue weighted by Crippen LogP contribution is -2.29. The highest BCUT2D eigenvalue weighted by atomic mass is 35.5. The van der Waals surface area contributed by atoms with Crippen molar-refractivity contribution in [2.75, 3.05) is 11.9 Å². The van der Waals surface area contributed by atoms with Crippen molar-refractivity contribution in [1.29, 1.82) is 0 Å². The quantitative estimate of drug-likeness (QED) is 0.745. The van der Waals surface area contributed by atoms with Gasteiger partial charge < -0.3 is 10.1 Å². The molecule has 0 radical (unpaired) electrons. The van der Waals surface area contributed by atoms with Gasteiger partial charge in [-0.15, -0.1) is 0 Å². The SMILES string of the molecule is CCOc1ccc2c(c1)[C@H]1C=CC[C@@H]1[C@H](c1ccc(Cl)cc1)N2. The predicted molar refractivity (Wildman–Crippen MR) is 95.4 cm³/mol. The Balaban J connectivity index is 1.72. The molecule has 0 unspecified atom stereocenters. The Labute approximate surface area is 142 Å². The normalized spacial score (nSPS) is 24.7. The second-order valence-electron chi connectivity index (χ2n) is 6.21. The van der Waals surface area contributed by atoms with E-state index in [9.17, 15) is 0 Å². The molecule has 23 heavy (non-hydrogen) atoms. The van der Waals surface area contributed by atoms with Crippen LogP contribution in [0.2, 0.25) is 5.02 Å². The highest BCUT2D eigenvalue weighted by Gasteiger charge is 2.37. The van der Waals surface area contributed by atoms with Gasteiger partial charge in [-0.3, -0.25) is 0 Å². The molecule has 118 valence electrons. The van der Waals surface area contributed by atoms with Gasteiger partial charge in [0, 0.05) is 16.6 Å². The van der Waals surface area contributed by atoms with Crippen LogP contribution in [0.25, 0.3) is 0 Å². The highest BCUT2D eigenvalue weighted by Crippen LogP contribution is 2.50. The first-order valence-corrected chi connectivity index (χ1v) is 8.59. The van der Waals surface area contributed by atoms with Crippen LogP contribution in [0.5, 0.6) is 5.75 Å². The van der Waals surface area contributed by atoms with E-state index in [2.05, 4.69) is 41.7 Å². The second kappa shape index (κ2) is 5.93. The Kier molecular flexibility index (Phi) is 3.78. The molecule has 2 aromatic rings. The lowest BCUT2D eigenvalue weighted by Gasteiger charge is -2.37. The van der Waals surface area contributed by atoms with Crippen LogP contribution in [0.1, 0.15) is 36.4 Å². The maximum Gasteiger partial charge on any atom is 0.119 e. The van der Waals surface area contributed by atoms with Crippen molar-refractivity contribution in [1.82, 2.24) is 0 Å². The van der Waals surface area contributed by atoms with E-state index >= 15 is 0 Å². The average molecular weight is 326 g/mol. The minimum atomic E-state index is 0.317. The minimum Gasteiger partial charge on any atom is -0.494 e. The molecule has 0 bridgehead atoms. The summed E-state index contributed by atoms with van der Waals surface area (Å²) < 4.78 is 5.68. The molecule has 0 amide bonds. The monoisotopic (exact) mass is 325 g/mol. The Morgan fingerprint density at radius 1 is 1.17 bits per heavy atom. The third kappa shape index (κ3) is 2.61. The van der Waals surface area contributed by atoms with Crippen LogP contribution in [0.4, 0.5) is 5.69 Å². The van der Waals surface area contributed by atoms with E-state index < -0.39 is 0 Å². The molecule has 0 fully saturated rings. The molecule has 3 atom stereocenters. The van der Waals surface area contributed by atoms with Gasteiger partial charge in [-0.1, -0.05) is 35.9 Å². The third-order valence-corrected chi connectivity index (χ3v) is 5.13. The minimum absolute atomic E-state index is 0.317. The Bertz CT molecular complexity index is 738. The van der Waals surface area contributed by atoms with Crippen LogP contribution < -0.4 is 10.1 Å². The van der Waals surface area contributed by atoms with Gasteiger partial charge in [-0.05, 0) is 60.7 Å². The smallest absolute Gasteiger partial charge is 0.119 e. The van der Waals surface area contributed by atoms with Crippen molar-refractivity contribution in [2.45, 2.75) is 25.3 Å². The van der Waals surface area contributed by atoms with Gasteiger partial charge in [-0.25, -0.2) is 0 Å². The average Bonchev–Trinajstić information content (AvgIpc) is 3.05. The van der Waals surface area contributed by atoms with Crippen LogP contribution in [0.3, 0.4) is 0 Å². The number of fused-ring (bicyclic) bond motifs is 3. The number of hydrogen-bond acceptors (Lipinski definition) is 2. The first-order chi connectivity index (χ1) is 11.3. The molecule has 0 aromatic heterocycles. The lowest BCUT2D eigenvalue weighted by atomic mass is 9.77. The summed E-state index contributed by atoms with van der Waals surface area (Å²) in [6, 6.07) is 14.9. The van der Waals surface area contributed by atoms with E-state index in [1.807, 2.05) is 25.1 Å². The summed E-state index contributed by atoms with van der Waals surface area (Å²) in [5, 5.41) is 4.52. The van der Waals surface area contributed by atoms with Crippen molar-refractivity contribution in [3.05, 3.63) is 70.8 Å². The Morgan fingerprint density at radius 2 is 2.00 bits per heavy atom. The fourth-order valence-corrected chi connectivity index (χ4v) is 3.96. The molecule has 2 aliphatic rings. The summed E-state index contributed by atoms with van der Waals surface area (Å²) in [6.07, 6.45) is 5.76.